The SMILES string of the molecule is Cc1ccc(C(=O)Nc2cccc(C3(C)CC(=O)N(C)C(N)=N3)c2)o1. The minimum Gasteiger partial charge on any atom is -0.456 e. The van der Waals surface area contributed by atoms with Crippen molar-refractivity contribution < 1.29 is 14.0 Å². The van der Waals surface area contributed by atoms with E-state index < -0.39 is 5.54 Å². The molecule has 25 heavy (non-hydrogen) atoms. The Labute approximate surface area is 145 Å². The van der Waals surface area contributed by atoms with E-state index in [2.05, 4.69) is 10.3 Å². The molecule has 3 rings (SSSR count). The molecule has 0 saturated carbocycles. The van der Waals surface area contributed by atoms with Gasteiger partial charge in [-0.05, 0) is 43.7 Å². The Bertz CT molecular complexity index is 871. The van der Waals surface area contributed by atoms with Crippen molar-refractivity contribution in [3.63, 3.8) is 0 Å². The van der Waals surface area contributed by atoms with Crippen LogP contribution in [-0.4, -0.2) is 29.7 Å². The number of hydrogen-bond donors (Lipinski definition) is 2. The van der Waals surface area contributed by atoms with Crippen LogP contribution < -0.4 is 11.1 Å². The molecule has 3 N–H and O–H groups in total. The van der Waals surface area contributed by atoms with E-state index in [1.54, 1.807) is 44.3 Å². The summed E-state index contributed by atoms with van der Waals surface area (Å²) in [5.74, 6) is 0.652. The number of nitrogens with two attached hydrogens (primary N) is 1. The van der Waals surface area contributed by atoms with Gasteiger partial charge in [-0.1, -0.05) is 12.1 Å². The van der Waals surface area contributed by atoms with Gasteiger partial charge in [-0.3, -0.25) is 14.5 Å². The number of carbonyl (C=O) groups excluding carboxylic acids is 2. The Morgan fingerprint density at radius 1 is 1.36 bits per heavy atom. The lowest BCUT2D eigenvalue weighted by Crippen LogP contribution is -2.47. The number of anilines is 1. The van der Waals surface area contributed by atoms with Crippen molar-refractivity contribution in [2.75, 3.05) is 12.4 Å². The highest BCUT2D eigenvalue weighted by Gasteiger charge is 2.36. The lowest BCUT2D eigenvalue weighted by atomic mass is 9.87. The van der Waals surface area contributed by atoms with Crippen molar-refractivity contribution in [2.45, 2.75) is 25.8 Å². The monoisotopic (exact) mass is 340 g/mol. The number of benzene rings is 1. The lowest BCUT2D eigenvalue weighted by Gasteiger charge is -2.33. The van der Waals surface area contributed by atoms with Crippen LogP contribution in [0.25, 0.3) is 0 Å². The van der Waals surface area contributed by atoms with Gasteiger partial charge in [0.15, 0.2) is 11.7 Å². The summed E-state index contributed by atoms with van der Waals surface area (Å²) in [5.41, 5.74) is 6.48. The van der Waals surface area contributed by atoms with Crippen molar-refractivity contribution >= 4 is 23.5 Å². The molecule has 0 bridgehead atoms. The standard InChI is InChI=1S/C18H20N4O3/c1-11-7-8-14(25-11)16(24)20-13-6-4-5-12(9-13)18(2)10-15(23)22(3)17(19)21-18/h4-9H,10H2,1-3H3,(H2,19,21)(H,20,24). The second-order valence-corrected chi connectivity index (χ2v) is 6.32. The van der Waals surface area contributed by atoms with Crippen LogP contribution in [0.1, 0.15) is 35.2 Å². The fourth-order valence-corrected chi connectivity index (χ4v) is 2.76. The molecule has 0 saturated heterocycles. The highest BCUT2D eigenvalue weighted by Crippen LogP contribution is 2.34. The van der Waals surface area contributed by atoms with Gasteiger partial charge >= 0.3 is 0 Å². The van der Waals surface area contributed by atoms with Gasteiger partial charge < -0.3 is 15.5 Å². The van der Waals surface area contributed by atoms with E-state index in [1.807, 2.05) is 13.0 Å². The zero-order chi connectivity index (χ0) is 18.2. The van der Waals surface area contributed by atoms with E-state index >= 15 is 0 Å². The Morgan fingerprint density at radius 2 is 2.12 bits per heavy atom. The van der Waals surface area contributed by atoms with Gasteiger partial charge in [-0.25, -0.2) is 4.99 Å². The van der Waals surface area contributed by atoms with E-state index in [9.17, 15) is 9.59 Å². The summed E-state index contributed by atoms with van der Waals surface area (Å²) in [5, 5.41) is 2.79. The molecule has 7 heteroatoms. The summed E-state index contributed by atoms with van der Waals surface area (Å²) in [7, 11) is 1.60. The first-order valence-corrected chi connectivity index (χ1v) is 7.89. The number of nitrogens with one attached hydrogen (secondary N) is 1. The molecule has 0 spiro atoms. The third kappa shape index (κ3) is 3.26. The van der Waals surface area contributed by atoms with Gasteiger partial charge in [0.05, 0.1) is 12.0 Å². The van der Waals surface area contributed by atoms with E-state index in [0.717, 1.165) is 5.56 Å². The van der Waals surface area contributed by atoms with Crippen LogP contribution in [0.5, 0.6) is 0 Å². The molecule has 1 aromatic heterocycles. The highest BCUT2D eigenvalue weighted by atomic mass is 16.3. The third-order valence-corrected chi connectivity index (χ3v) is 4.28. The van der Waals surface area contributed by atoms with Gasteiger partial charge in [-0.2, -0.15) is 0 Å². The number of furan rings is 1. The molecule has 2 heterocycles. The van der Waals surface area contributed by atoms with Gasteiger partial charge in [-0.15, -0.1) is 0 Å². The van der Waals surface area contributed by atoms with Crippen molar-refractivity contribution in [2.24, 2.45) is 10.7 Å². The van der Waals surface area contributed by atoms with Crippen LogP contribution in [-0.2, 0) is 10.3 Å². The van der Waals surface area contributed by atoms with Crippen LogP contribution in [0.4, 0.5) is 5.69 Å². The first-order valence-electron chi connectivity index (χ1n) is 7.89. The van der Waals surface area contributed by atoms with Crippen molar-refractivity contribution in [1.82, 2.24) is 4.90 Å². The predicted octanol–water partition coefficient (Wildman–Crippen LogP) is 2.23. The quantitative estimate of drug-likeness (QED) is 0.894. The van der Waals surface area contributed by atoms with Gasteiger partial charge in [0.1, 0.15) is 5.76 Å². The van der Waals surface area contributed by atoms with Gasteiger partial charge in [0, 0.05) is 12.7 Å². The molecule has 130 valence electrons. The molecule has 1 aromatic carbocycles. The van der Waals surface area contributed by atoms with E-state index in [-0.39, 0.29) is 30.0 Å². The van der Waals surface area contributed by atoms with Crippen molar-refractivity contribution in [3.05, 3.63) is 53.5 Å². The summed E-state index contributed by atoms with van der Waals surface area (Å²) in [6.07, 6.45) is 0.207. The number of nitrogens with zero attached hydrogens (tertiary/aromatic N) is 2. The molecule has 1 unspecified atom stereocenters. The number of aryl methyl sites for hydroxylation is 1. The summed E-state index contributed by atoms with van der Waals surface area (Å²) >= 11 is 0. The summed E-state index contributed by atoms with van der Waals surface area (Å²) < 4.78 is 5.32. The minimum atomic E-state index is -0.768. The molecule has 2 amide bonds. The Kier molecular flexibility index (Phi) is 4.08. The Balaban J connectivity index is 1.87. The first-order chi connectivity index (χ1) is 11.8. The average molecular weight is 340 g/mol. The Morgan fingerprint density at radius 3 is 2.76 bits per heavy atom. The molecular weight excluding hydrogens is 320 g/mol. The molecule has 7 nitrogen and oxygen atoms in total. The second kappa shape index (κ2) is 6.08. The van der Waals surface area contributed by atoms with Crippen molar-refractivity contribution in [1.29, 1.82) is 0 Å². The second-order valence-electron chi connectivity index (χ2n) is 6.32. The first kappa shape index (κ1) is 16.8. The number of carbonyl (C=O) groups is 2. The van der Waals surface area contributed by atoms with Crippen LogP contribution in [0.2, 0.25) is 0 Å². The van der Waals surface area contributed by atoms with E-state index in [1.165, 1.54) is 4.90 Å². The van der Waals surface area contributed by atoms with Crippen LogP contribution in [0, 0.1) is 6.92 Å². The fourth-order valence-electron chi connectivity index (χ4n) is 2.76. The molecule has 1 atom stereocenters. The number of amides is 2. The lowest BCUT2D eigenvalue weighted by molar-refractivity contribution is -0.128. The van der Waals surface area contributed by atoms with E-state index in [0.29, 0.717) is 11.4 Å². The summed E-state index contributed by atoms with van der Waals surface area (Å²) in [4.78, 5) is 30.2. The molecule has 0 fully saturated rings. The molecule has 0 radical (unpaired) electrons. The normalized spacial score (nSPS) is 20.4. The third-order valence-electron chi connectivity index (χ3n) is 4.28. The smallest absolute Gasteiger partial charge is 0.291 e. The largest absolute Gasteiger partial charge is 0.456 e. The number of guanidine groups is 1. The fraction of sp³-hybridized carbons (Fsp3) is 0.278. The molecular formula is C18H20N4O3. The maximum Gasteiger partial charge on any atom is 0.291 e. The molecule has 1 aliphatic heterocycles. The predicted molar refractivity (Wildman–Crippen MR) is 94.2 cm³/mol. The highest BCUT2D eigenvalue weighted by molar-refractivity contribution is 6.02. The Hall–Kier alpha value is -3.09. The number of rotatable bonds is 3. The number of aliphatic imine (C=N–C) groups is 1. The average Bonchev–Trinajstić information content (AvgIpc) is 2.99. The van der Waals surface area contributed by atoms with Crippen LogP contribution in [0.15, 0.2) is 45.8 Å². The zero-order valence-electron chi connectivity index (χ0n) is 14.4. The molecule has 1 aliphatic rings. The van der Waals surface area contributed by atoms with Gasteiger partial charge in [0.25, 0.3) is 5.91 Å². The van der Waals surface area contributed by atoms with E-state index in [4.69, 9.17) is 10.2 Å². The van der Waals surface area contributed by atoms with Crippen LogP contribution in [0.3, 0.4) is 0 Å². The summed E-state index contributed by atoms with van der Waals surface area (Å²) in [6.45, 7) is 3.62. The van der Waals surface area contributed by atoms with Crippen LogP contribution >= 0.6 is 0 Å². The molecule has 0 aliphatic carbocycles. The number of hydrogen-bond acceptors (Lipinski definition) is 5. The summed E-state index contributed by atoms with van der Waals surface area (Å²) in [6, 6.07) is 10.6. The zero-order valence-corrected chi connectivity index (χ0v) is 14.4. The molecule has 2 aromatic rings. The van der Waals surface area contributed by atoms with Crippen molar-refractivity contribution in [3.8, 4) is 0 Å². The minimum absolute atomic E-state index is 0.101. The van der Waals surface area contributed by atoms with Gasteiger partial charge in [0.2, 0.25) is 5.91 Å². The topological polar surface area (TPSA) is 101 Å². The maximum absolute atomic E-state index is 12.2. The maximum atomic E-state index is 12.2.